The third-order valence-corrected chi connectivity index (χ3v) is 12.7. The first kappa shape index (κ1) is 28.0. The molecule has 3 aromatic carbocycles. The Bertz CT molecular complexity index is 1200. The molecule has 0 saturated carbocycles. The Morgan fingerprint density at radius 1 is 0.846 bits per heavy atom. The third-order valence-electron chi connectivity index (χ3n) is 7.66. The molecule has 3 aromatic rings. The number of ether oxygens (including phenoxy) is 4. The van der Waals surface area contributed by atoms with Crippen LogP contribution >= 0.6 is 0 Å². The van der Waals surface area contributed by atoms with Gasteiger partial charge in [-0.1, -0.05) is 118 Å². The Balaban J connectivity index is 1.50. The Morgan fingerprint density at radius 2 is 1.38 bits per heavy atom. The SMILES string of the molecule is C=C[C@@]12O[C@@H](CO[Si](c3ccccc3)(c3ccccc3)C(C)(C)C)[C@@H](OCc3ccccc3)[C@@H]1OC(C)(C)O2. The average Bonchev–Trinajstić information content (AvgIpc) is 3.35. The van der Waals surface area contributed by atoms with Gasteiger partial charge < -0.3 is 23.4 Å². The topological polar surface area (TPSA) is 46.2 Å². The number of hydrogen-bond acceptors (Lipinski definition) is 5. The van der Waals surface area contributed by atoms with Crippen LogP contribution in [0.25, 0.3) is 0 Å². The second-order valence-electron chi connectivity index (χ2n) is 11.9. The monoisotopic (exact) mass is 544 g/mol. The molecular formula is C33H40O5Si. The summed E-state index contributed by atoms with van der Waals surface area (Å²) in [4.78, 5) is 0. The van der Waals surface area contributed by atoms with E-state index >= 15 is 0 Å². The summed E-state index contributed by atoms with van der Waals surface area (Å²) in [6, 6.07) is 31.4. The van der Waals surface area contributed by atoms with Crippen molar-refractivity contribution in [2.45, 2.75) is 76.1 Å². The lowest BCUT2D eigenvalue weighted by molar-refractivity contribution is -0.248. The molecule has 0 bridgehead atoms. The summed E-state index contributed by atoms with van der Waals surface area (Å²) in [7, 11) is -2.78. The van der Waals surface area contributed by atoms with Gasteiger partial charge in [0.25, 0.3) is 8.32 Å². The van der Waals surface area contributed by atoms with E-state index in [9.17, 15) is 0 Å². The number of rotatable bonds is 9. The van der Waals surface area contributed by atoms with E-state index in [4.69, 9.17) is 23.4 Å². The van der Waals surface area contributed by atoms with E-state index in [1.54, 1.807) is 6.08 Å². The van der Waals surface area contributed by atoms with Crippen molar-refractivity contribution in [3.8, 4) is 0 Å². The summed E-state index contributed by atoms with van der Waals surface area (Å²) >= 11 is 0. The molecule has 39 heavy (non-hydrogen) atoms. The molecule has 6 heteroatoms. The largest absolute Gasteiger partial charge is 0.405 e. The zero-order chi connectivity index (χ0) is 27.7. The highest BCUT2D eigenvalue weighted by molar-refractivity contribution is 6.99. The van der Waals surface area contributed by atoms with Gasteiger partial charge in [-0.05, 0) is 40.9 Å². The zero-order valence-electron chi connectivity index (χ0n) is 23.6. The van der Waals surface area contributed by atoms with Crippen LogP contribution in [0, 0.1) is 0 Å². The maximum absolute atomic E-state index is 7.23. The summed E-state index contributed by atoms with van der Waals surface area (Å²) in [6.07, 6.45) is 0.396. The highest BCUT2D eigenvalue weighted by atomic mass is 28.4. The summed E-state index contributed by atoms with van der Waals surface area (Å²) in [6.45, 7) is 15.4. The van der Waals surface area contributed by atoms with Crippen LogP contribution in [0.4, 0.5) is 0 Å². The van der Waals surface area contributed by atoms with Crippen molar-refractivity contribution in [2.75, 3.05) is 6.61 Å². The summed E-state index contributed by atoms with van der Waals surface area (Å²) in [5.74, 6) is -1.93. The Morgan fingerprint density at radius 3 is 1.90 bits per heavy atom. The van der Waals surface area contributed by atoms with Crippen LogP contribution in [0.2, 0.25) is 5.04 Å². The van der Waals surface area contributed by atoms with Gasteiger partial charge in [0.15, 0.2) is 5.79 Å². The summed E-state index contributed by atoms with van der Waals surface area (Å²) < 4.78 is 33.1. The summed E-state index contributed by atoms with van der Waals surface area (Å²) in [5, 5.41) is 2.28. The molecule has 0 aliphatic carbocycles. The van der Waals surface area contributed by atoms with Gasteiger partial charge in [0.1, 0.15) is 18.3 Å². The van der Waals surface area contributed by atoms with E-state index in [2.05, 4.69) is 100 Å². The predicted octanol–water partition coefficient (Wildman–Crippen LogP) is 5.58. The van der Waals surface area contributed by atoms with E-state index in [1.807, 2.05) is 32.0 Å². The van der Waals surface area contributed by atoms with E-state index < -0.39 is 38.2 Å². The fourth-order valence-corrected chi connectivity index (χ4v) is 10.6. The quantitative estimate of drug-likeness (QED) is 0.260. The molecular weight excluding hydrogens is 504 g/mol. The number of fused-ring (bicyclic) bond motifs is 1. The molecule has 2 aliphatic rings. The number of hydrogen-bond donors (Lipinski definition) is 0. The lowest BCUT2D eigenvalue weighted by atomic mass is 10.1. The van der Waals surface area contributed by atoms with Gasteiger partial charge in [0, 0.05) is 0 Å². The van der Waals surface area contributed by atoms with Crippen LogP contribution in [-0.2, 0) is 30.0 Å². The summed E-state index contributed by atoms with van der Waals surface area (Å²) in [5.41, 5.74) is 1.08. The molecule has 206 valence electrons. The minimum Gasteiger partial charge on any atom is -0.405 e. The van der Waals surface area contributed by atoms with Crippen LogP contribution in [0.15, 0.2) is 104 Å². The van der Waals surface area contributed by atoms with Crippen LogP contribution in [-0.4, -0.2) is 44.8 Å². The molecule has 2 heterocycles. The molecule has 0 radical (unpaired) electrons. The standard InChI is InChI=1S/C33H40O5Si/c1-7-33-30(37-32(5,6)38-33)29(34-23-25-17-11-8-12-18-25)28(36-33)24-35-39(31(2,3)4,26-19-13-9-14-20-26)27-21-15-10-16-22-27/h7-22,28-30H,1,23-24H2,2-6H3/t28-,29+,30-,33-/m0/s1. The van der Waals surface area contributed by atoms with Gasteiger partial charge in [0.2, 0.25) is 5.79 Å². The Kier molecular flexibility index (Phi) is 7.72. The van der Waals surface area contributed by atoms with E-state index in [-0.39, 0.29) is 5.04 Å². The highest BCUT2D eigenvalue weighted by Gasteiger charge is 2.64. The molecule has 0 amide bonds. The predicted molar refractivity (Wildman–Crippen MR) is 156 cm³/mol. The van der Waals surface area contributed by atoms with E-state index in [0.717, 1.165) is 5.56 Å². The maximum atomic E-state index is 7.23. The average molecular weight is 545 g/mol. The van der Waals surface area contributed by atoms with Crippen molar-refractivity contribution in [3.05, 3.63) is 109 Å². The second-order valence-corrected chi connectivity index (χ2v) is 16.2. The molecule has 5 nitrogen and oxygen atoms in total. The van der Waals surface area contributed by atoms with Crippen molar-refractivity contribution in [2.24, 2.45) is 0 Å². The maximum Gasteiger partial charge on any atom is 0.261 e. The van der Waals surface area contributed by atoms with Crippen LogP contribution < -0.4 is 10.4 Å². The Hall–Kier alpha value is -2.58. The van der Waals surface area contributed by atoms with Crippen molar-refractivity contribution >= 4 is 18.7 Å². The lowest BCUT2D eigenvalue weighted by Crippen LogP contribution is -2.67. The smallest absolute Gasteiger partial charge is 0.261 e. The first-order chi connectivity index (χ1) is 18.6. The minimum atomic E-state index is -2.78. The van der Waals surface area contributed by atoms with Gasteiger partial charge in [-0.3, -0.25) is 0 Å². The van der Waals surface area contributed by atoms with Crippen LogP contribution in [0.1, 0.15) is 40.2 Å². The van der Waals surface area contributed by atoms with Crippen molar-refractivity contribution in [3.63, 3.8) is 0 Å². The molecule has 0 N–H and O–H groups in total. The van der Waals surface area contributed by atoms with Crippen LogP contribution in [0.5, 0.6) is 0 Å². The second kappa shape index (κ2) is 10.8. The minimum absolute atomic E-state index is 0.157. The van der Waals surface area contributed by atoms with Crippen molar-refractivity contribution in [1.82, 2.24) is 0 Å². The van der Waals surface area contributed by atoms with Gasteiger partial charge in [-0.2, -0.15) is 0 Å². The van der Waals surface area contributed by atoms with E-state index in [1.165, 1.54) is 10.4 Å². The van der Waals surface area contributed by atoms with Gasteiger partial charge >= 0.3 is 0 Å². The molecule has 4 atom stereocenters. The normalized spacial score (nSPS) is 26.3. The lowest BCUT2D eigenvalue weighted by Gasteiger charge is -2.43. The van der Waals surface area contributed by atoms with Crippen molar-refractivity contribution in [1.29, 1.82) is 0 Å². The highest BCUT2D eigenvalue weighted by Crippen LogP contribution is 2.48. The van der Waals surface area contributed by atoms with E-state index in [0.29, 0.717) is 13.2 Å². The first-order valence-electron chi connectivity index (χ1n) is 13.7. The molecule has 0 aromatic heterocycles. The molecule has 5 rings (SSSR count). The fraction of sp³-hybridized carbons (Fsp3) is 0.394. The molecule has 2 aliphatic heterocycles. The van der Waals surface area contributed by atoms with Gasteiger partial charge in [-0.15, -0.1) is 0 Å². The van der Waals surface area contributed by atoms with Gasteiger partial charge in [0.05, 0.1) is 13.2 Å². The fourth-order valence-electron chi connectivity index (χ4n) is 6.00. The van der Waals surface area contributed by atoms with Crippen LogP contribution in [0.3, 0.4) is 0 Å². The molecule has 2 fully saturated rings. The molecule has 2 saturated heterocycles. The molecule has 0 unspecified atom stereocenters. The zero-order valence-corrected chi connectivity index (χ0v) is 24.6. The first-order valence-corrected chi connectivity index (χ1v) is 15.6. The van der Waals surface area contributed by atoms with Crippen molar-refractivity contribution < 1.29 is 23.4 Å². The number of benzene rings is 3. The Labute approximate surface area is 233 Å². The molecule has 0 spiro atoms. The third kappa shape index (κ3) is 5.30. The van der Waals surface area contributed by atoms with Gasteiger partial charge in [-0.25, -0.2) is 0 Å².